The summed E-state index contributed by atoms with van der Waals surface area (Å²) in [7, 11) is 3.47. The minimum absolute atomic E-state index is 0.303. The minimum Gasteiger partial charge on any atom is -0.497 e. The zero-order chi connectivity index (χ0) is 19.2. The van der Waals surface area contributed by atoms with E-state index < -0.39 is 6.04 Å². The Morgan fingerprint density at radius 3 is 2.67 bits per heavy atom. The predicted molar refractivity (Wildman–Crippen MR) is 102 cm³/mol. The number of nitrogens with zero attached hydrogens (tertiary/aromatic N) is 2. The first-order valence-corrected chi connectivity index (χ1v) is 8.42. The van der Waals surface area contributed by atoms with E-state index in [2.05, 4.69) is 10.3 Å². The summed E-state index contributed by atoms with van der Waals surface area (Å²) in [6.45, 7) is 0. The van der Waals surface area contributed by atoms with Crippen molar-refractivity contribution in [1.29, 1.82) is 0 Å². The van der Waals surface area contributed by atoms with E-state index in [1.54, 1.807) is 31.5 Å². The molecule has 0 spiro atoms. The molecule has 1 atom stereocenters. The fraction of sp³-hybridized carbons (Fsp3) is 0.143. The molecule has 0 bridgehead atoms. The average molecular weight is 365 g/mol. The van der Waals surface area contributed by atoms with Gasteiger partial charge in [-0.05, 0) is 41.5 Å². The summed E-state index contributed by atoms with van der Waals surface area (Å²) in [5, 5.41) is 2.96. The maximum absolute atomic E-state index is 13.3. The Morgan fingerprint density at radius 2 is 2.04 bits per heavy atom. The highest BCUT2D eigenvalue weighted by molar-refractivity contribution is 5.92. The molecule has 2 aromatic carbocycles. The summed E-state index contributed by atoms with van der Waals surface area (Å²) >= 11 is 0. The van der Waals surface area contributed by atoms with E-state index in [4.69, 9.17) is 4.74 Å². The standard InChI is InChI=1S/C21H20FN3O2/c1-25-13-12-23-21(25)20(16-7-9-18(27-2)10-8-16)24-19(26)11-6-15-4-3-5-17(22)14-15/h3-14,20H,1-2H3,(H,24,26)/b11-6+. The van der Waals surface area contributed by atoms with Gasteiger partial charge in [-0.2, -0.15) is 0 Å². The molecule has 1 heterocycles. The molecule has 0 aliphatic rings. The Labute approximate surface area is 157 Å². The van der Waals surface area contributed by atoms with Gasteiger partial charge in [-0.3, -0.25) is 4.79 Å². The number of hydrogen-bond donors (Lipinski definition) is 1. The molecule has 0 fully saturated rings. The van der Waals surface area contributed by atoms with Crippen LogP contribution in [0.1, 0.15) is 23.0 Å². The summed E-state index contributed by atoms with van der Waals surface area (Å²) in [5.74, 6) is 0.784. The van der Waals surface area contributed by atoms with Gasteiger partial charge < -0.3 is 14.6 Å². The number of ether oxygens (including phenoxy) is 1. The van der Waals surface area contributed by atoms with E-state index in [0.717, 1.165) is 11.3 Å². The minimum atomic E-state index is -0.430. The molecule has 0 saturated carbocycles. The molecule has 1 unspecified atom stereocenters. The van der Waals surface area contributed by atoms with Gasteiger partial charge in [-0.1, -0.05) is 24.3 Å². The fourth-order valence-corrected chi connectivity index (χ4v) is 2.72. The number of imidazole rings is 1. The Balaban J connectivity index is 1.82. The van der Waals surface area contributed by atoms with Crippen LogP contribution in [-0.4, -0.2) is 22.6 Å². The smallest absolute Gasteiger partial charge is 0.244 e. The number of carbonyl (C=O) groups is 1. The SMILES string of the molecule is COc1ccc(C(NC(=O)/C=C/c2cccc(F)c2)c2nccn2C)cc1. The van der Waals surface area contributed by atoms with Gasteiger partial charge in [0, 0.05) is 25.5 Å². The van der Waals surface area contributed by atoms with Crippen LogP contribution < -0.4 is 10.1 Å². The van der Waals surface area contributed by atoms with Crippen LogP contribution in [0.5, 0.6) is 5.75 Å². The van der Waals surface area contributed by atoms with Crippen LogP contribution in [0, 0.1) is 5.82 Å². The van der Waals surface area contributed by atoms with Crippen molar-refractivity contribution in [1.82, 2.24) is 14.9 Å². The molecule has 1 N–H and O–H groups in total. The van der Waals surface area contributed by atoms with Crippen LogP contribution in [0.25, 0.3) is 6.08 Å². The molecule has 1 aromatic heterocycles. The van der Waals surface area contributed by atoms with E-state index in [0.29, 0.717) is 11.4 Å². The summed E-state index contributed by atoms with van der Waals surface area (Å²) < 4.78 is 20.3. The zero-order valence-corrected chi connectivity index (χ0v) is 15.1. The number of nitrogens with one attached hydrogen (secondary N) is 1. The van der Waals surface area contributed by atoms with Gasteiger partial charge in [0.1, 0.15) is 23.4 Å². The van der Waals surface area contributed by atoms with Crippen molar-refractivity contribution in [3.8, 4) is 5.75 Å². The second-order valence-corrected chi connectivity index (χ2v) is 6.00. The van der Waals surface area contributed by atoms with Crippen molar-refractivity contribution in [2.24, 2.45) is 7.05 Å². The van der Waals surface area contributed by atoms with Crippen molar-refractivity contribution in [3.63, 3.8) is 0 Å². The van der Waals surface area contributed by atoms with E-state index in [-0.39, 0.29) is 11.7 Å². The van der Waals surface area contributed by atoms with Crippen molar-refractivity contribution in [3.05, 3.63) is 89.8 Å². The first-order chi connectivity index (χ1) is 13.1. The Morgan fingerprint density at radius 1 is 1.26 bits per heavy atom. The molecule has 6 heteroatoms. The number of aromatic nitrogens is 2. The van der Waals surface area contributed by atoms with Crippen LogP contribution in [0.3, 0.4) is 0 Å². The van der Waals surface area contributed by atoms with Gasteiger partial charge in [-0.15, -0.1) is 0 Å². The highest BCUT2D eigenvalue weighted by Crippen LogP contribution is 2.23. The molecule has 138 valence electrons. The molecule has 27 heavy (non-hydrogen) atoms. The molecule has 5 nitrogen and oxygen atoms in total. The van der Waals surface area contributed by atoms with E-state index in [9.17, 15) is 9.18 Å². The fourth-order valence-electron chi connectivity index (χ4n) is 2.72. The lowest BCUT2D eigenvalue weighted by Crippen LogP contribution is -2.29. The third kappa shape index (κ3) is 4.61. The normalized spacial score (nSPS) is 12.1. The lowest BCUT2D eigenvalue weighted by molar-refractivity contribution is -0.117. The average Bonchev–Trinajstić information content (AvgIpc) is 3.10. The number of benzene rings is 2. The van der Waals surface area contributed by atoms with Crippen LogP contribution >= 0.6 is 0 Å². The molecule has 0 aliphatic carbocycles. The van der Waals surface area contributed by atoms with Crippen molar-refractivity contribution in [2.45, 2.75) is 6.04 Å². The summed E-state index contributed by atoms with van der Waals surface area (Å²) in [4.78, 5) is 16.8. The number of halogens is 1. The number of amides is 1. The number of aryl methyl sites for hydroxylation is 1. The molecule has 3 rings (SSSR count). The predicted octanol–water partition coefficient (Wildman–Crippen LogP) is 3.49. The summed E-state index contributed by atoms with van der Waals surface area (Å²) in [5.41, 5.74) is 1.49. The molecular weight excluding hydrogens is 345 g/mol. The Hall–Kier alpha value is -3.41. The first-order valence-electron chi connectivity index (χ1n) is 8.42. The van der Waals surface area contributed by atoms with Crippen molar-refractivity contribution < 1.29 is 13.9 Å². The highest BCUT2D eigenvalue weighted by atomic mass is 19.1. The highest BCUT2D eigenvalue weighted by Gasteiger charge is 2.19. The van der Waals surface area contributed by atoms with Gasteiger partial charge in [-0.25, -0.2) is 9.37 Å². The molecule has 0 saturated heterocycles. The monoisotopic (exact) mass is 365 g/mol. The number of carbonyl (C=O) groups excluding carboxylic acids is 1. The second-order valence-electron chi connectivity index (χ2n) is 6.00. The third-order valence-electron chi connectivity index (χ3n) is 4.13. The van der Waals surface area contributed by atoms with Crippen molar-refractivity contribution >= 4 is 12.0 Å². The largest absolute Gasteiger partial charge is 0.497 e. The Bertz CT molecular complexity index is 948. The van der Waals surface area contributed by atoms with Crippen LogP contribution in [0.2, 0.25) is 0 Å². The van der Waals surface area contributed by atoms with Gasteiger partial charge in [0.25, 0.3) is 0 Å². The quantitative estimate of drug-likeness (QED) is 0.681. The van der Waals surface area contributed by atoms with Crippen LogP contribution in [-0.2, 0) is 11.8 Å². The van der Waals surface area contributed by atoms with Gasteiger partial charge in [0.05, 0.1) is 7.11 Å². The zero-order valence-electron chi connectivity index (χ0n) is 15.1. The maximum atomic E-state index is 13.3. The van der Waals surface area contributed by atoms with E-state index in [1.165, 1.54) is 18.2 Å². The summed E-state index contributed by atoms with van der Waals surface area (Å²) in [6.07, 6.45) is 6.46. The number of rotatable bonds is 6. The van der Waals surface area contributed by atoms with Crippen LogP contribution in [0.4, 0.5) is 4.39 Å². The molecule has 0 aliphatic heterocycles. The molecule has 1 amide bonds. The topological polar surface area (TPSA) is 56.1 Å². The van der Waals surface area contributed by atoms with E-state index >= 15 is 0 Å². The second kappa shape index (κ2) is 8.31. The molecule has 3 aromatic rings. The van der Waals surface area contributed by atoms with E-state index in [1.807, 2.05) is 42.1 Å². The van der Waals surface area contributed by atoms with Gasteiger partial charge >= 0.3 is 0 Å². The molecular formula is C21H20FN3O2. The van der Waals surface area contributed by atoms with Gasteiger partial charge in [0.2, 0.25) is 5.91 Å². The first kappa shape index (κ1) is 18.4. The number of hydrogen-bond acceptors (Lipinski definition) is 3. The number of methoxy groups -OCH3 is 1. The lowest BCUT2D eigenvalue weighted by atomic mass is 10.1. The maximum Gasteiger partial charge on any atom is 0.244 e. The lowest BCUT2D eigenvalue weighted by Gasteiger charge is -2.18. The third-order valence-corrected chi connectivity index (χ3v) is 4.13. The Kier molecular flexibility index (Phi) is 5.66. The van der Waals surface area contributed by atoms with Crippen molar-refractivity contribution in [2.75, 3.05) is 7.11 Å². The van der Waals surface area contributed by atoms with Crippen LogP contribution in [0.15, 0.2) is 67.0 Å². The van der Waals surface area contributed by atoms with Gasteiger partial charge in [0.15, 0.2) is 0 Å². The molecule has 0 radical (unpaired) electrons. The summed E-state index contributed by atoms with van der Waals surface area (Å²) in [6, 6.07) is 13.1.